The summed E-state index contributed by atoms with van der Waals surface area (Å²) in [7, 11) is 0. The Morgan fingerprint density at radius 2 is 2.00 bits per heavy atom. The van der Waals surface area contributed by atoms with Gasteiger partial charge in [0.15, 0.2) is 5.96 Å². The van der Waals surface area contributed by atoms with Crippen molar-refractivity contribution in [3.8, 4) is 0 Å². The second-order valence-corrected chi connectivity index (χ2v) is 6.27. The minimum atomic E-state index is 0.299. The Balaban J connectivity index is 1.46. The third kappa shape index (κ3) is 9.13. The molecule has 2 fully saturated rings. The number of nitrogens with one attached hydrogen (secondary N) is 2. The van der Waals surface area contributed by atoms with Crippen LogP contribution in [0.3, 0.4) is 0 Å². The summed E-state index contributed by atoms with van der Waals surface area (Å²) in [5.74, 6) is 1.70. The lowest BCUT2D eigenvalue weighted by atomic mass is 10.2. The predicted molar refractivity (Wildman–Crippen MR) is 91.9 cm³/mol. The Morgan fingerprint density at radius 3 is 2.74 bits per heavy atom. The van der Waals surface area contributed by atoms with Gasteiger partial charge in [-0.25, -0.2) is 0 Å². The summed E-state index contributed by atoms with van der Waals surface area (Å²) in [6, 6.07) is 0. The van der Waals surface area contributed by atoms with E-state index in [1.165, 1.54) is 12.8 Å². The maximum absolute atomic E-state index is 5.64. The molecule has 0 amide bonds. The van der Waals surface area contributed by atoms with Gasteiger partial charge in [0.05, 0.1) is 19.3 Å². The van der Waals surface area contributed by atoms with Gasteiger partial charge < -0.3 is 24.8 Å². The highest BCUT2D eigenvalue weighted by atomic mass is 16.5. The van der Waals surface area contributed by atoms with Gasteiger partial charge in [0.25, 0.3) is 0 Å². The van der Waals surface area contributed by atoms with E-state index in [0.717, 1.165) is 70.6 Å². The summed E-state index contributed by atoms with van der Waals surface area (Å²) in [6.07, 6.45) is 6.25. The van der Waals surface area contributed by atoms with Gasteiger partial charge in [-0.3, -0.25) is 4.99 Å². The quantitative estimate of drug-likeness (QED) is 0.323. The van der Waals surface area contributed by atoms with Crippen LogP contribution in [0.2, 0.25) is 0 Å². The topological polar surface area (TPSA) is 64.1 Å². The molecule has 2 rings (SSSR count). The van der Waals surface area contributed by atoms with Gasteiger partial charge in [0, 0.05) is 39.5 Å². The largest absolute Gasteiger partial charge is 0.381 e. The molecule has 1 saturated carbocycles. The van der Waals surface area contributed by atoms with Crippen LogP contribution in [-0.2, 0) is 14.2 Å². The zero-order chi connectivity index (χ0) is 16.2. The molecular formula is C17H33N3O3. The average Bonchev–Trinajstić information content (AvgIpc) is 3.23. The maximum Gasteiger partial charge on any atom is 0.191 e. The summed E-state index contributed by atoms with van der Waals surface area (Å²) in [5, 5.41) is 6.55. The SMILES string of the molecule is CCNC(=NCCCOCC1CC1)NCCOCC1CCCO1. The van der Waals surface area contributed by atoms with E-state index in [1.54, 1.807) is 0 Å². The first-order valence-corrected chi connectivity index (χ1v) is 9.17. The van der Waals surface area contributed by atoms with E-state index in [2.05, 4.69) is 22.5 Å². The number of aliphatic imine (C=N–C) groups is 1. The van der Waals surface area contributed by atoms with E-state index in [1.807, 2.05) is 0 Å². The van der Waals surface area contributed by atoms with E-state index in [9.17, 15) is 0 Å². The third-order valence-electron chi connectivity index (χ3n) is 3.98. The lowest BCUT2D eigenvalue weighted by molar-refractivity contribution is 0.0191. The Hall–Kier alpha value is -0.850. The average molecular weight is 327 g/mol. The van der Waals surface area contributed by atoms with Crippen LogP contribution < -0.4 is 10.6 Å². The highest BCUT2D eigenvalue weighted by Gasteiger charge is 2.20. The molecule has 1 aliphatic heterocycles. The molecule has 0 aromatic carbocycles. The first kappa shape index (κ1) is 18.5. The second kappa shape index (κ2) is 11.6. The summed E-state index contributed by atoms with van der Waals surface area (Å²) >= 11 is 0. The third-order valence-corrected chi connectivity index (χ3v) is 3.98. The molecule has 0 aromatic heterocycles. The van der Waals surface area contributed by atoms with Gasteiger partial charge >= 0.3 is 0 Å². The molecule has 1 saturated heterocycles. The summed E-state index contributed by atoms with van der Waals surface area (Å²) in [4.78, 5) is 4.56. The number of hydrogen-bond acceptors (Lipinski definition) is 4. The fraction of sp³-hybridized carbons (Fsp3) is 0.941. The molecule has 6 nitrogen and oxygen atoms in total. The lowest BCUT2D eigenvalue weighted by Crippen LogP contribution is -2.39. The Kier molecular flexibility index (Phi) is 9.36. The molecule has 2 aliphatic rings. The van der Waals surface area contributed by atoms with Gasteiger partial charge in [-0.05, 0) is 44.9 Å². The van der Waals surface area contributed by atoms with Crippen LogP contribution >= 0.6 is 0 Å². The van der Waals surface area contributed by atoms with Crippen LogP contribution in [0.15, 0.2) is 4.99 Å². The predicted octanol–water partition coefficient (Wildman–Crippen LogP) is 1.55. The summed E-state index contributed by atoms with van der Waals surface area (Å²) in [5.41, 5.74) is 0. The molecular weight excluding hydrogens is 294 g/mol. The normalized spacial score (nSPS) is 21.6. The minimum Gasteiger partial charge on any atom is -0.381 e. The number of nitrogens with zero attached hydrogens (tertiary/aromatic N) is 1. The van der Waals surface area contributed by atoms with Crippen molar-refractivity contribution < 1.29 is 14.2 Å². The fourth-order valence-electron chi connectivity index (χ4n) is 2.47. The smallest absolute Gasteiger partial charge is 0.191 e. The first-order chi connectivity index (χ1) is 11.4. The molecule has 0 bridgehead atoms. The van der Waals surface area contributed by atoms with Crippen molar-refractivity contribution in [3.63, 3.8) is 0 Å². The van der Waals surface area contributed by atoms with Crippen molar-refractivity contribution in [2.75, 3.05) is 52.7 Å². The van der Waals surface area contributed by atoms with Crippen molar-refractivity contribution in [1.29, 1.82) is 0 Å². The Bertz CT molecular complexity index is 329. The van der Waals surface area contributed by atoms with Crippen molar-refractivity contribution in [1.82, 2.24) is 10.6 Å². The van der Waals surface area contributed by atoms with E-state index in [4.69, 9.17) is 14.2 Å². The van der Waals surface area contributed by atoms with Gasteiger partial charge in [-0.15, -0.1) is 0 Å². The van der Waals surface area contributed by atoms with Crippen LogP contribution in [-0.4, -0.2) is 64.7 Å². The van der Waals surface area contributed by atoms with E-state index < -0.39 is 0 Å². The van der Waals surface area contributed by atoms with Crippen LogP contribution in [0.5, 0.6) is 0 Å². The zero-order valence-corrected chi connectivity index (χ0v) is 14.5. The fourth-order valence-corrected chi connectivity index (χ4v) is 2.47. The Morgan fingerprint density at radius 1 is 1.13 bits per heavy atom. The standard InChI is InChI=1S/C17H33N3O3/c1-2-18-17(19-8-4-10-21-13-15-6-7-15)20-9-12-22-14-16-5-3-11-23-16/h15-16H,2-14H2,1H3,(H2,18,19,20). The minimum absolute atomic E-state index is 0.299. The molecule has 1 heterocycles. The summed E-state index contributed by atoms with van der Waals surface area (Å²) in [6.45, 7) is 8.49. The molecule has 0 spiro atoms. The Labute approximate surface area is 140 Å². The van der Waals surface area contributed by atoms with Gasteiger partial charge in [0.2, 0.25) is 0 Å². The van der Waals surface area contributed by atoms with Crippen molar-refractivity contribution in [2.45, 2.75) is 45.1 Å². The van der Waals surface area contributed by atoms with Crippen molar-refractivity contribution >= 4 is 5.96 Å². The van der Waals surface area contributed by atoms with Gasteiger partial charge in [-0.2, -0.15) is 0 Å². The molecule has 23 heavy (non-hydrogen) atoms. The second-order valence-electron chi connectivity index (χ2n) is 6.27. The summed E-state index contributed by atoms with van der Waals surface area (Å²) < 4.78 is 16.8. The van der Waals surface area contributed by atoms with Gasteiger partial charge in [0.1, 0.15) is 0 Å². The van der Waals surface area contributed by atoms with Crippen molar-refractivity contribution in [3.05, 3.63) is 0 Å². The molecule has 1 aliphatic carbocycles. The van der Waals surface area contributed by atoms with E-state index in [0.29, 0.717) is 19.3 Å². The zero-order valence-electron chi connectivity index (χ0n) is 14.5. The lowest BCUT2D eigenvalue weighted by Gasteiger charge is -2.13. The van der Waals surface area contributed by atoms with Gasteiger partial charge in [-0.1, -0.05) is 0 Å². The monoisotopic (exact) mass is 327 g/mol. The van der Waals surface area contributed by atoms with E-state index in [-0.39, 0.29) is 0 Å². The molecule has 0 radical (unpaired) electrons. The number of guanidine groups is 1. The van der Waals surface area contributed by atoms with Crippen molar-refractivity contribution in [2.24, 2.45) is 10.9 Å². The molecule has 6 heteroatoms. The van der Waals surface area contributed by atoms with Crippen LogP contribution in [0.1, 0.15) is 39.0 Å². The van der Waals surface area contributed by atoms with E-state index >= 15 is 0 Å². The maximum atomic E-state index is 5.64. The molecule has 0 aromatic rings. The number of hydrogen-bond donors (Lipinski definition) is 2. The van der Waals surface area contributed by atoms with Crippen LogP contribution in [0.4, 0.5) is 0 Å². The molecule has 1 atom stereocenters. The number of rotatable bonds is 12. The molecule has 134 valence electrons. The molecule has 2 N–H and O–H groups in total. The van der Waals surface area contributed by atoms with Crippen LogP contribution in [0.25, 0.3) is 0 Å². The van der Waals surface area contributed by atoms with Crippen LogP contribution in [0, 0.1) is 5.92 Å². The highest BCUT2D eigenvalue weighted by molar-refractivity contribution is 5.79. The highest BCUT2D eigenvalue weighted by Crippen LogP contribution is 2.28. The number of ether oxygens (including phenoxy) is 3. The molecule has 1 unspecified atom stereocenters. The first-order valence-electron chi connectivity index (χ1n) is 9.17.